The normalized spacial score (nSPS) is 13.2. The van der Waals surface area contributed by atoms with Crippen molar-refractivity contribution in [2.75, 3.05) is 6.79 Å². The zero-order chi connectivity index (χ0) is 18.7. The van der Waals surface area contributed by atoms with Crippen molar-refractivity contribution < 1.29 is 23.9 Å². The fourth-order valence-electron chi connectivity index (χ4n) is 2.50. The molecule has 1 heterocycles. The van der Waals surface area contributed by atoms with Gasteiger partial charge in [0.1, 0.15) is 0 Å². The van der Waals surface area contributed by atoms with Gasteiger partial charge in [0.25, 0.3) is 5.91 Å². The maximum atomic E-state index is 12.2. The van der Waals surface area contributed by atoms with Gasteiger partial charge in [-0.15, -0.1) is 0 Å². The van der Waals surface area contributed by atoms with Gasteiger partial charge in [0.2, 0.25) is 6.79 Å². The molecule has 0 saturated heterocycles. The Hall–Kier alpha value is -3.29. The van der Waals surface area contributed by atoms with Gasteiger partial charge in [-0.05, 0) is 43.2 Å². The summed E-state index contributed by atoms with van der Waals surface area (Å²) in [5, 5.41) is 13.9. The summed E-state index contributed by atoms with van der Waals surface area (Å²) >= 11 is 0. The molecule has 0 aromatic heterocycles. The molecule has 1 N–H and O–H groups in total. The molecule has 0 saturated carbocycles. The molecule has 3 rings (SSSR count). The van der Waals surface area contributed by atoms with Crippen molar-refractivity contribution >= 4 is 11.6 Å². The number of benzene rings is 2. The van der Waals surface area contributed by atoms with E-state index in [4.69, 9.17) is 14.2 Å². The molecule has 0 bridgehead atoms. The molecular weight excluding hydrogens is 340 g/mol. The minimum absolute atomic E-state index is 0.0614. The number of nitro benzene ring substituents is 1. The first-order chi connectivity index (χ1) is 12.4. The largest absolute Gasteiger partial charge is 0.474 e. The fraction of sp³-hybridized carbons (Fsp3) is 0.278. The Morgan fingerprint density at radius 1 is 1.27 bits per heavy atom. The average Bonchev–Trinajstić information content (AvgIpc) is 3.08. The number of nitrogens with one attached hydrogen (secondary N) is 1. The molecular formula is C18H18N2O6. The van der Waals surface area contributed by atoms with Crippen LogP contribution in [0.1, 0.15) is 18.1 Å². The Kier molecular flexibility index (Phi) is 4.92. The highest BCUT2D eigenvalue weighted by molar-refractivity contribution is 5.80. The molecule has 0 unspecified atom stereocenters. The lowest BCUT2D eigenvalue weighted by Gasteiger charge is -2.15. The van der Waals surface area contributed by atoms with E-state index in [1.54, 1.807) is 32.0 Å². The number of carbonyl (C=O) groups excluding carboxylic acids is 1. The van der Waals surface area contributed by atoms with E-state index >= 15 is 0 Å². The number of aryl methyl sites for hydroxylation is 1. The summed E-state index contributed by atoms with van der Waals surface area (Å²) < 4.78 is 16.0. The van der Waals surface area contributed by atoms with Crippen LogP contribution in [-0.4, -0.2) is 23.7 Å². The topological polar surface area (TPSA) is 99.9 Å². The minimum atomic E-state index is -0.884. The highest BCUT2D eigenvalue weighted by atomic mass is 16.7. The summed E-state index contributed by atoms with van der Waals surface area (Å²) in [7, 11) is 0. The quantitative estimate of drug-likeness (QED) is 0.629. The second kappa shape index (κ2) is 7.30. The maximum absolute atomic E-state index is 12.2. The molecule has 0 spiro atoms. The molecule has 2 aromatic carbocycles. The number of fused-ring (bicyclic) bond motifs is 1. The highest BCUT2D eigenvalue weighted by Gasteiger charge is 2.21. The SMILES string of the molecule is Cc1ccc(O[C@H](C)C(=O)NCc2ccc3c(c2)OCO3)c([N+](=O)[O-])c1. The number of amides is 1. The van der Waals surface area contributed by atoms with Crippen molar-refractivity contribution in [2.24, 2.45) is 0 Å². The number of hydrogen-bond donors (Lipinski definition) is 1. The molecule has 0 radical (unpaired) electrons. The van der Waals surface area contributed by atoms with Crippen molar-refractivity contribution in [3.05, 3.63) is 57.6 Å². The van der Waals surface area contributed by atoms with Crippen LogP contribution in [0.5, 0.6) is 17.2 Å². The first kappa shape index (κ1) is 17.5. The predicted octanol–water partition coefficient (Wildman–Crippen LogP) is 2.72. The van der Waals surface area contributed by atoms with Crippen molar-refractivity contribution in [1.82, 2.24) is 5.32 Å². The Balaban J connectivity index is 1.61. The molecule has 8 nitrogen and oxygen atoms in total. The van der Waals surface area contributed by atoms with Gasteiger partial charge in [0, 0.05) is 12.6 Å². The van der Waals surface area contributed by atoms with E-state index in [-0.39, 0.29) is 30.7 Å². The van der Waals surface area contributed by atoms with E-state index in [0.29, 0.717) is 11.5 Å². The van der Waals surface area contributed by atoms with Gasteiger partial charge in [-0.2, -0.15) is 0 Å². The summed E-state index contributed by atoms with van der Waals surface area (Å²) in [5.41, 5.74) is 1.42. The molecule has 8 heteroatoms. The molecule has 2 aromatic rings. The van der Waals surface area contributed by atoms with Gasteiger partial charge in [-0.25, -0.2) is 0 Å². The first-order valence-electron chi connectivity index (χ1n) is 8.02. The van der Waals surface area contributed by atoms with Crippen LogP contribution < -0.4 is 19.5 Å². The first-order valence-corrected chi connectivity index (χ1v) is 8.02. The third-order valence-corrected chi connectivity index (χ3v) is 3.89. The number of carbonyl (C=O) groups is 1. The van der Waals surface area contributed by atoms with E-state index in [2.05, 4.69) is 5.32 Å². The van der Waals surface area contributed by atoms with Crippen LogP contribution >= 0.6 is 0 Å². The van der Waals surface area contributed by atoms with Crippen LogP contribution in [0.2, 0.25) is 0 Å². The van der Waals surface area contributed by atoms with Crippen LogP contribution in [-0.2, 0) is 11.3 Å². The molecule has 26 heavy (non-hydrogen) atoms. The molecule has 1 atom stereocenters. The van der Waals surface area contributed by atoms with Crippen LogP contribution in [0.25, 0.3) is 0 Å². The van der Waals surface area contributed by atoms with Crippen molar-refractivity contribution in [1.29, 1.82) is 0 Å². The minimum Gasteiger partial charge on any atom is -0.474 e. The monoisotopic (exact) mass is 358 g/mol. The lowest BCUT2D eigenvalue weighted by molar-refractivity contribution is -0.386. The number of hydrogen-bond acceptors (Lipinski definition) is 6. The van der Waals surface area contributed by atoms with E-state index in [0.717, 1.165) is 11.1 Å². The average molecular weight is 358 g/mol. The number of ether oxygens (including phenoxy) is 3. The summed E-state index contributed by atoms with van der Waals surface area (Å²) in [6.07, 6.45) is -0.884. The van der Waals surface area contributed by atoms with Crippen LogP contribution in [0.4, 0.5) is 5.69 Å². The number of rotatable bonds is 6. The third-order valence-electron chi connectivity index (χ3n) is 3.89. The van der Waals surface area contributed by atoms with Crippen molar-refractivity contribution in [3.63, 3.8) is 0 Å². The third kappa shape index (κ3) is 3.85. The number of nitro groups is 1. The molecule has 1 aliphatic rings. The van der Waals surface area contributed by atoms with E-state index in [1.807, 2.05) is 6.07 Å². The molecule has 0 aliphatic carbocycles. The number of nitrogens with zero attached hydrogens (tertiary/aromatic N) is 1. The van der Waals surface area contributed by atoms with Crippen LogP contribution in [0, 0.1) is 17.0 Å². The lowest BCUT2D eigenvalue weighted by atomic mass is 10.2. The van der Waals surface area contributed by atoms with E-state index in [1.165, 1.54) is 12.1 Å². The lowest BCUT2D eigenvalue weighted by Crippen LogP contribution is -2.36. The fourth-order valence-corrected chi connectivity index (χ4v) is 2.50. The summed E-state index contributed by atoms with van der Waals surface area (Å²) in [6.45, 7) is 3.75. The summed E-state index contributed by atoms with van der Waals surface area (Å²) in [4.78, 5) is 22.8. The summed E-state index contributed by atoms with van der Waals surface area (Å²) in [5.74, 6) is 0.989. The second-order valence-corrected chi connectivity index (χ2v) is 5.89. The zero-order valence-electron chi connectivity index (χ0n) is 14.4. The predicted molar refractivity (Wildman–Crippen MR) is 92.3 cm³/mol. The Morgan fingerprint density at radius 3 is 2.81 bits per heavy atom. The highest BCUT2D eigenvalue weighted by Crippen LogP contribution is 2.32. The molecule has 0 fully saturated rings. The maximum Gasteiger partial charge on any atom is 0.311 e. The standard InChI is InChI=1S/C18H18N2O6/c1-11-3-5-15(14(7-11)20(22)23)26-12(2)18(21)19-9-13-4-6-16-17(8-13)25-10-24-16/h3-8,12H,9-10H2,1-2H3,(H,19,21)/t12-/m1/s1. The van der Waals surface area contributed by atoms with Crippen molar-refractivity contribution in [3.8, 4) is 17.2 Å². The van der Waals surface area contributed by atoms with Gasteiger partial charge in [-0.1, -0.05) is 12.1 Å². The smallest absolute Gasteiger partial charge is 0.311 e. The van der Waals surface area contributed by atoms with Gasteiger partial charge in [0.15, 0.2) is 23.4 Å². The Bertz CT molecular complexity index is 852. The Morgan fingerprint density at radius 2 is 2.04 bits per heavy atom. The second-order valence-electron chi connectivity index (χ2n) is 5.89. The van der Waals surface area contributed by atoms with Crippen LogP contribution in [0.3, 0.4) is 0 Å². The van der Waals surface area contributed by atoms with E-state index in [9.17, 15) is 14.9 Å². The van der Waals surface area contributed by atoms with Crippen molar-refractivity contribution in [2.45, 2.75) is 26.5 Å². The molecule has 136 valence electrons. The van der Waals surface area contributed by atoms with Gasteiger partial charge < -0.3 is 19.5 Å². The van der Waals surface area contributed by atoms with Gasteiger partial charge in [-0.3, -0.25) is 14.9 Å². The van der Waals surface area contributed by atoms with Gasteiger partial charge >= 0.3 is 5.69 Å². The zero-order valence-corrected chi connectivity index (χ0v) is 14.4. The van der Waals surface area contributed by atoms with Gasteiger partial charge in [0.05, 0.1) is 4.92 Å². The Labute approximate surface area is 149 Å². The van der Waals surface area contributed by atoms with E-state index < -0.39 is 11.0 Å². The van der Waals surface area contributed by atoms with Crippen LogP contribution in [0.15, 0.2) is 36.4 Å². The molecule has 1 aliphatic heterocycles. The summed E-state index contributed by atoms with van der Waals surface area (Å²) in [6, 6.07) is 9.99. The molecule has 1 amide bonds.